The van der Waals surface area contributed by atoms with Crippen molar-refractivity contribution in [2.75, 3.05) is 12.3 Å². The molecule has 0 unspecified atom stereocenters. The van der Waals surface area contributed by atoms with Crippen LogP contribution in [0.3, 0.4) is 0 Å². The van der Waals surface area contributed by atoms with Gasteiger partial charge in [-0.25, -0.2) is 13.4 Å². The molecule has 2 heterocycles. The van der Waals surface area contributed by atoms with Gasteiger partial charge in [-0.3, -0.25) is 4.79 Å². The van der Waals surface area contributed by atoms with Gasteiger partial charge in [0.15, 0.2) is 9.84 Å². The van der Waals surface area contributed by atoms with E-state index in [0.717, 1.165) is 6.42 Å². The van der Waals surface area contributed by atoms with Gasteiger partial charge in [0, 0.05) is 12.8 Å². The molecular weight excluding hydrogens is 242 g/mol. The number of aromatic nitrogens is 2. The molecule has 0 amide bonds. The normalized spacial score (nSPS) is 17.7. The Morgan fingerprint density at radius 2 is 2.18 bits per heavy atom. The zero-order valence-electron chi connectivity index (χ0n) is 9.40. The van der Waals surface area contributed by atoms with E-state index in [9.17, 15) is 13.2 Å². The smallest absolute Gasteiger partial charge is 0.255 e. The van der Waals surface area contributed by atoms with Crippen LogP contribution in [-0.2, 0) is 28.4 Å². The van der Waals surface area contributed by atoms with Crippen molar-refractivity contribution in [1.29, 1.82) is 0 Å². The van der Waals surface area contributed by atoms with Crippen LogP contribution in [0.1, 0.15) is 23.5 Å². The lowest BCUT2D eigenvalue weighted by molar-refractivity contribution is 0.589. The van der Waals surface area contributed by atoms with Crippen LogP contribution in [0.25, 0.3) is 0 Å². The highest BCUT2D eigenvalue weighted by Gasteiger charge is 2.25. The quantitative estimate of drug-likeness (QED) is 0.732. The Hall–Kier alpha value is -1.21. The van der Waals surface area contributed by atoms with Crippen LogP contribution in [-0.4, -0.2) is 30.7 Å². The van der Waals surface area contributed by atoms with E-state index in [1.54, 1.807) is 0 Å². The molecule has 6 nitrogen and oxygen atoms in total. The highest BCUT2D eigenvalue weighted by molar-refractivity contribution is 7.90. The molecule has 0 saturated carbocycles. The van der Waals surface area contributed by atoms with Gasteiger partial charge in [0.2, 0.25) is 0 Å². The monoisotopic (exact) mass is 257 g/mol. The maximum Gasteiger partial charge on any atom is 0.255 e. The molecule has 0 saturated heterocycles. The minimum absolute atomic E-state index is 0.0762. The predicted octanol–water partition coefficient (Wildman–Crippen LogP) is -0.868. The van der Waals surface area contributed by atoms with Gasteiger partial charge in [-0.1, -0.05) is 0 Å². The molecule has 3 N–H and O–H groups in total. The fraction of sp³-hybridized carbons (Fsp3) is 0.600. The lowest BCUT2D eigenvalue weighted by atomic mass is 10.2. The van der Waals surface area contributed by atoms with Crippen molar-refractivity contribution >= 4 is 9.84 Å². The maximum absolute atomic E-state index is 11.7. The Morgan fingerprint density at radius 1 is 1.41 bits per heavy atom. The first-order valence-electron chi connectivity index (χ1n) is 5.53. The van der Waals surface area contributed by atoms with Crippen LogP contribution in [0.2, 0.25) is 0 Å². The van der Waals surface area contributed by atoms with E-state index < -0.39 is 9.84 Å². The number of fused-ring (bicyclic) bond motifs is 1. The molecule has 0 radical (unpaired) electrons. The van der Waals surface area contributed by atoms with Crippen molar-refractivity contribution in [3.05, 3.63) is 27.4 Å². The number of nitrogens with zero attached hydrogens (tertiary/aromatic N) is 1. The van der Waals surface area contributed by atoms with Gasteiger partial charge in [-0.05, 0) is 13.0 Å². The average molecular weight is 257 g/mol. The van der Waals surface area contributed by atoms with Gasteiger partial charge < -0.3 is 10.7 Å². The molecule has 0 fully saturated rings. The molecule has 2 rings (SSSR count). The van der Waals surface area contributed by atoms with E-state index in [1.165, 1.54) is 0 Å². The van der Waals surface area contributed by atoms with Crippen LogP contribution >= 0.6 is 0 Å². The lowest BCUT2D eigenvalue weighted by Crippen LogP contribution is -2.29. The summed E-state index contributed by atoms with van der Waals surface area (Å²) < 4.78 is 22.9. The highest BCUT2D eigenvalue weighted by atomic mass is 32.2. The van der Waals surface area contributed by atoms with E-state index in [4.69, 9.17) is 5.73 Å². The number of aromatic amines is 1. The van der Waals surface area contributed by atoms with Crippen LogP contribution in [0.5, 0.6) is 0 Å². The molecule has 7 heteroatoms. The Balaban J connectivity index is 2.37. The fourth-order valence-electron chi connectivity index (χ4n) is 1.88. The number of aryl methyl sites for hydroxylation is 2. The second-order valence-electron chi connectivity index (χ2n) is 4.17. The molecule has 1 aliphatic rings. The Kier molecular flexibility index (Phi) is 3.30. The van der Waals surface area contributed by atoms with Crippen LogP contribution in [0, 0.1) is 0 Å². The number of sulfone groups is 1. The third kappa shape index (κ3) is 2.73. The van der Waals surface area contributed by atoms with Gasteiger partial charge in [0.1, 0.15) is 5.82 Å². The molecule has 0 aliphatic carbocycles. The molecule has 1 aromatic heterocycles. The predicted molar refractivity (Wildman–Crippen MR) is 63.4 cm³/mol. The van der Waals surface area contributed by atoms with Crippen molar-refractivity contribution in [3.63, 3.8) is 0 Å². The summed E-state index contributed by atoms with van der Waals surface area (Å²) in [6.07, 6.45) is 1.70. The maximum atomic E-state index is 11.7. The van der Waals surface area contributed by atoms with Gasteiger partial charge >= 0.3 is 0 Å². The molecule has 1 aliphatic heterocycles. The summed E-state index contributed by atoms with van der Waals surface area (Å²) in [7, 11) is -3.13. The first kappa shape index (κ1) is 12.3. The summed E-state index contributed by atoms with van der Waals surface area (Å²) in [6, 6.07) is 0. The zero-order valence-corrected chi connectivity index (χ0v) is 10.2. The summed E-state index contributed by atoms with van der Waals surface area (Å²) in [6.45, 7) is 0.537. The SMILES string of the molecule is NCCCc1nc2c(c(=O)[nH]1)CS(=O)(=O)CC2. The first-order valence-corrected chi connectivity index (χ1v) is 7.35. The molecule has 0 aromatic carbocycles. The molecule has 0 atom stereocenters. The van der Waals surface area contributed by atoms with E-state index in [2.05, 4.69) is 9.97 Å². The number of rotatable bonds is 3. The van der Waals surface area contributed by atoms with Crippen molar-refractivity contribution in [2.24, 2.45) is 5.73 Å². The number of H-pyrrole nitrogens is 1. The van der Waals surface area contributed by atoms with E-state index in [-0.39, 0.29) is 17.1 Å². The van der Waals surface area contributed by atoms with Gasteiger partial charge in [0.05, 0.1) is 22.8 Å². The number of hydrogen-bond acceptors (Lipinski definition) is 5. The van der Waals surface area contributed by atoms with Gasteiger partial charge in [0.25, 0.3) is 5.56 Å². The van der Waals surface area contributed by atoms with Crippen molar-refractivity contribution in [2.45, 2.75) is 25.0 Å². The van der Waals surface area contributed by atoms with Crippen LogP contribution in [0.15, 0.2) is 4.79 Å². The van der Waals surface area contributed by atoms with Crippen LogP contribution in [0.4, 0.5) is 0 Å². The summed E-state index contributed by atoms with van der Waals surface area (Å²) >= 11 is 0. The summed E-state index contributed by atoms with van der Waals surface area (Å²) in [5.41, 5.74) is 5.98. The Morgan fingerprint density at radius 3 is 2.88 bits per heavy atom. The molecule has 0 bridgehead atoms. The summed E-state index contributed by atoms with van der Waals surface area (Å²) in [4.78, 5) is 18.7. The van der Waals surface area contributed by atoms with Gasteiger partial charge in [-0.15, -0.1) is 0 Å². The van der Waals surface area contributed by atoms with Crippen molar-refractivity contribution < 1.29 is 8.42 Å². The zero-order chi connectivity index (χ0) is 12.5. The Labute approximate surface area is 99.2 Å². The lowest BCUT2D eigenvalue weighted by Gasteiger charge is -2.15. The number of hydrogen-bond donors (Lipinski definition) is 2. The fourth-order valence-corrected chi connectivity index (χ4v) is 3.27. The van der Waals surface area contributed by atoms with E-state index >= 15 is 0 Å². The molecule has 1 aromatic rings. The third-order valence-electron chi connectivity index (χ3n) is 2.78. The highest BCUT2D eigenvalue weighted by Crippen LogP contribution is 2.15. The van der Waals surface area contributed by atoms with E-state index in [0.29, 0.717) is 36.5 Å². The number of nitrogens with two attached hydrogens (primary N) is 1. The number of nitrogens with one attached hydrogen (secondary N) is 1. The van der Waals surface area contributed by atoms with Crippen molar-refractivity contribution in [3.8, 4) is 0 Å². The molecule has 94 valence electrons. The third-order valence-corrected chi connectivity index (χ3v) is 4.34. The average Bonchev–Trinajstić information content (AvgIpc) is 2.27. The molecule has 17 heavy (non-hydrogen) atoms. The van der Waals surface area contributed by atoms with E-state index in [1.807, 2.05) is 0 Å². The topological polar surface area (TPSA) is 106 Å². The molecular formula is C10H15N3O3S. The largest absolute Gasteiger partial charge is 0.330 e. The minimum atomic E-state index is -3.13. The second-order valence-corrected chi connectivity index (χ2v) is 6.36. The Bertz CT molecular complexity index is 577. The minimum Gasteiger partial charge on any atom is -0.330 e. The summed E-state index contributed by atoms with van der Waals surface area (Å²) in [5.74, 6) is 0.479. The molecule has 0 spiro atoms. The van der Waals surface area contributed by atoms with Gasteiger partial charge in [-0.2, -0.15) is 0 Å². The first-order chi connectivity index (χ1) is 8.02. The van der Waals surface area contributed by atoms with Crippen molar-refractivity contribution in [1.82, 2.24) is 9.97 Å². The summed E-state index contributed by atoms with van der Waals surface area (Å²) in [5, 5.41) is 0. The van der Waals surface area contributed by atoms with Crippen LogP contribution < -0.4 is 11.3 Å². The standard InChI is InChI=1S/C10H15N3O3S/c11-4-1-2-9-12-8-3-5-17(15,16)6-7(8)10(14)13-9/h1-6,11H2,(H,12,13,14). The second kappa shape index (κ2) is 4.58.